The maximum Gasteiger partial charge on any atom is 0.190 e. The summed E-state index contributed by atoms with van der Waals surface area (Å²) < 4.78 is 0. The highest BCUT2D eigenvalue weighted by Gasteiger charge is 1.94. The Morgan fingerprint density at radius 2 is 1.83 bits per heavy atom. The quantitative estimate of drug-likeness (QED) is 0.590. The first-order chi connectivity index (χ1) is 5.79. The predicted octanol–water partition coefficient (Wildman–Crippen LogP) is 3.71. The summed E-state index contributed by atoms with van der Waals surface area (Å²) >= 11 is 7.10. The van der Waals surface area contributed by atoms with E-state index in [-0.39, 0.29) is 0 Å². The van der Waals surface area contributed by atoms with Crippen molar-refractivity contribution in [2.45, 2.75) is 6.04 Å². The SMILES string of the molecule is Br[SiH](Br)CC=Cc1ccccc1. The Kier molecular flexibility index (Phi) is 4.88. The molecular formula is C9H10Br2Si. The molecule has 0 amide bonds. The van der Waals surface area contributed by atoms with Crippen LogP contribution in [0.1, 0.15) is 5.56 Å². The minimum Gasteiger partial charge on any atom is -0.115 e. The average Bonchev–Trinajstić information content (AvgIpc) is 2.05. The molecule has 0 aliphatic rings. The highest BCUT2D eigenvalue weighted by Crippen LogP contribution is 2.10. The lowest BCUT2D eigenvalue weighted by atomic mass is 10.2. The Bertz CT molecular complexity index is 244. The maximum atomic E-state index is 3.55. The van der Waals surface area contributed by atoms with Crippen LogP contribution in [0, 0.1) is 0 Å². The second-order valence-electron chi connectivity index (χ2n) is 2.44. The van der Waals surface area contributed by atoms with Gasteiger partial charge in [0.1, 0.15) is 0 Å². The molecule has 0 aromatic heterocycles. The van der Waals surface area contributed by atoms with Crippen LogP contribution in [-0.2, 0) is 0 Å². The fourth-order valence-electron chi connectivity index (χ4n) is 0.871. The van der Waals surface area contributed by atoms with Gasteiger partial charge >= 0.3 is 0 Å². The molecule has 0 radical (unpaired) electrons. The Balaban J connectivity index is 2.47. The summed E-state index contributed by atoms with van der Waals surface area (Å²) in [6, 6.07) is 10.7. The molecule has 0 aliphatic heterocycles. The highest BCUT2D eigenvalue weighted by molar-refractivity contribution is 9.49. The summed E-state index contributed by atoms with van der Waals surface area (Å²) in [5, 5.41) is 0. The lowest BCUT2D eigenvalue weighted by Gasteiger charge is -1.92. The van der Waals surface area contributed by atoms with Crippen LogP contribution in [0.2, 0.25) is 6.04 Å². The predicted molar refractivity (Wildman–Crippen MR) is 65.3 cm³/mol. The normalized spacial score (nSPS) is 11.2. The summed E-state index contributed by atoms with van der Waals surface area (Å²) in [4.78, 5) is 0. The molecule has 0 aliphatic carbocycles. The van der Waals surface area contributed by atoms with Gasteiger partial charge < -0.3 is 0 Å². The smallest absolute Gasteiger partial charge is 0.115 e. The van der Waals surface area contributed by atoms with Gasteiger partial charge in [-0.1, -0.05) is 42.5 Å². The first-order valence-electron chi connectivity index (χ1n) is 3.79. The summed E-state index contributed by atoms with van der Waals surface area (Å²) in [5.74, 6) is 0. The monoisotopic (exact) mass is 304 g/mol. The first-order valence-corrected chi connectivity index (χ1v) is 11.0. The number of allylic oxidation sites excluding steroid dienone is 1. The first kappa shape index (κ1) is 10.2. The molecule has 12 heavy (non-hydrogen) atoms. The van der Waals surface area contributed by atoms with Gasteiger partial charge in [-0.05, 0) is 11.6 Å². The van der Waals surface area contributed by atoms with E-state index < -0.39 is 6.04 Å². The van der Waals surface area contributed by atoms with Crippen molar-refractivity contribution < 1.29 is 0 Å². The van der Waals surface area contributed by atoms with Crippen molar-refractivity contribution in [3.8, 4) is 0 Å². The van der Waals surface area contributed by atoms with Gasteiger partial charge in [0.25, 0.3) is 0 Å². The number of hydrogen-bond acceptors (Lipinski definition) is 0. The minimum atomic E-state index is -0.774. The molecule has 0 saturated carbocycles. The van der Waals surface area contributed by atoms with Gasteiger partial charge in [0, 0.05) is 0 Å². The van der Waals surface area contributed by atoms with E-state index in [2.05, 4.69) is 67.0 Å². The van der Waals surface area contributed by atoms with Crippen LogP contribution < -0.4 is 0 Å². The van der Waals surface area contributed by atoms with E-state index in [0.717, 1.165) is 6.04 Å². The highest BCUT2D eigenvalue weighted by atomic mass is 79.9. The largest absolute Gasteiger partial charge is 0.190 e. The van der Waals surface area contributed by atoms with Crippen molar-refractivity contribution >= 4 is 42.7 Å². The summed E-state index contributed by atoms with van der Waals surface area (Å²) in [5.41, 5.74) is 1.27. The Labute approximate surface area is 90.4 Å². The number of benzene rings is 1. The third-order valence-electron chi connectivity index (χ3n) is 1.42. The molecule has 1 aromatic carbocycles. The minimum absolute atomic E-state index is 0.774. The molecule has 0 bridgehead atoms. The molecule has 0 saturated heterocycles. The van der Waals surface area contributed by atoms with Crippen molar-refractivity contribution in [1.82, 2.24) is 0 Å². The van der Waals surface area contributed by atoms with Crippen molar-refractivity contribution in [2.75, 3.05) is 0 Å². The van der Waals surface area contributed by atoms with Gasteiger partial charge in [0.05, 0.1) is 0 Å². The van der Waals surface area contributed by atoms with Gasteiger partial charge in [-0.15, -0.1) is 30.6 Å². The van der Waals surface area contributed by atoms with Crippen molar-refractivity contribution in [2.24, 2.45) is 0 Å². The zero-order chi connectivity index (χ0) is 8.81. The van der Waals surface area contributed by atoms with Crippen LogP contribution in [0.3, 0.4) is 0 Å². The molecule has 0 N–H and O–H groups in total. The molecular weight excluding hydrogens is 296 g/mol. The fraction of sp³-hybridized carbons (Fsp3) is 0.111. The fourth-order valence-corrected chi connectivity index (χ4v) is 2.51. The molecule has 0 atom stereocenters. The third-order valence-corrected chi connectivity index (χ3v) is 4.30. The number of halogens is 2. The van der Waals surface area contributed by atoms with E-state index >= 15 is 0 Å². The number of hydrogen-bond donors (Lipinski definition) is 0. The molecule has 1 rings (SSSR count). The lowest BCUT2D eigenvalue weighted by molar-refractivity contribution is 1.64. The van der Waals surface area contributed by atoms with Gasteiger partial charge in [0.15, 0.2) is 6.04 Å². The van der Waals surface area contributed by atoms with Gasteiger partial charge in [0.2, 0.25) is 0 Å². The molecule has 3 heteroatoms. The van der Waals surface area contributed by atoms with Crippen LogP contribution in [0.4, 0.5) is 0 Å². The molecule has 0 nitrogen and oxygen atoms in total. The van der Waals surface area contributed by atoms with E-state index in [1.165, 1.54) is 5.56 Å². The van der Waals surface area contributed by atoms with E-state index in [9.17, 15) is 0 Å². The molecule has 0 spiro atoms. The zero-order valence-electron chi connectivity index (χ0n) is 6.58. The van der Waals surface area contributed by atoms with Crippen LogP contribution >= 0.6 is 30.6 Å². The van der Waals surface area contributed by atoms with Crippen LogP contribution in [-0.4, -0.2) is 6.04 Å². The average molecular weight is 306 g/mol. The lowest BCUT2D eigenvalue weighted by Crippen LogP contribution is -1.83. The van der Waals surface area contributed by atoms with Crippen LogP contribution in [0.15, 0.2) is 36.4 Å². The van der Waals surface area contributed by atoms with E-state index in [0.29, 0.717) is 0 Å². The Hall–Kier alpha value is 0.137. The summed E-state index contributed by atoms with van der Waals surface area (Å²) in [6.07, 6.45) is 4.36. The third kappa shape index (κ3) is 4.23. The molecule has 64 valence electrons. The summed E-state index contributed by atoms with van der Waals surface area (Å²) in [7, 11) is 0. The summed E-state index contributed by atoms with van der Waals surface area (Å²) in [6.45, 7) is 0. The van der Waals surface area contributed by atoms with E-state index in [1.807, 2.05) is 6.07 Å². The topological polar surface area (TPSA) is 0 Å². The van der Waals surface area contributed by atoms with E-state index in [4.69, 9.17) is 0 Å². The standard InChI is InChI=1S/C9H10Br2Si/c10-12(11)8-4-7-9-5-2-1-3-6-9/h1-7,12H,8H2. The van der Waals surface area contributed by atoms with Crippen LogP contribution in [0.25, 0.3) is 6.08 Å². The van der Waals surface area contributed by atoms with Crippen molar-refractivity contribution in [1.29, 1.82) is 0 Å². The van der Waals surface area contributed by atoms with Gasteiger partial charge in [-0.2, -0.15) is 0 Å². The van der Waals surface area contributed by atoms with Crippen LogP contribution in [0.5, 0.6) is 0 Å². The molecule has 1 aromatic rings. The zero-order valence-corrected chi connectivity index (χ0v) is 10.9. The van der Waals surface area contributed by atoms with Crippen molar-refractivity contribution in [3.63, 3.8) is 0 Å². The maximum absolute atomic E-state index is 3.55. The Morgan fingerprint density at radius 1 is 1.17 bits per heavy atom. The molecule has 0 fully saturated rings. The van der Waals surface area contributed by atoms with Crippen molar-refractivity contribution in [3.05, 3.63) is 42.0 Å². The second kappa shape index (κ2) is 5.73. The Morgan fingerprint density at radius 3 is 2.42 bits per heavy atom. The van der Waals surface area contributed by atoms with E-state index in [1.54, 1.807) is 0 Å². The molecule has 0 unspecified atom stereocenters. The number of rotatable bonds is 3. The van der Waals surface area contributed by atoms with Gasteiger partial charge in [-0.3, -0.25) is 0 Å². The second-order valence-corrected chi connectivity index (χ2v) is 14.0. The van der Waals surface area contributed by atoms with Gasteiger partial charge in [-0.25, -0.2) is 0 Å². The molecule has 0 heterocycles.